The smallest absolute Gasteiger partial charge is 0.303 e. The Morgan fingerprint density at radius 3 is 2.45 bits per heavy atom. The third-order valence-electron chi connectivity index (χ3n) is 3.13. The molecular weight excluding hydrogens is 263 g/mol. The third-order valence-corrected chi connectivity index (χ3v) is 3.13. The van der Waals surface area contributed by atoms with Crippen molar-refractivity contribution in [2.45, 2.75) is 6.92 Å². The Kier molecular flexibility index (Phi) is 3.40. The van der Waals surface area contributed by atoms with E-state index >= 15 is 0 Å². The topological polar surface area (TPSA) is 61.1 Å². The van der Waals surface area contributed by atoms with Crippen molar-refractivity contribution >= 4 is 5.78 Å². The first-order valence-electron chi connectivity index (χ1n) is 5.90. The Morgan fingerprint density at radius 2 is 1.85 bits per heavy atom. The molecule has 0 atom stereocenters. The minimum absolute atomic E-state index is 0.0730. The Hall–Kier alpha value is -2.50. The second kappa shape index (κ2) is 4.88. The highest BCUT2D eigenvalue weighted by molar-refractivity contribution is 6.08. The lowest BCUT2D eigenvalue weighted by Crippen LogP contribution is -2.39. The van der Waals surface area contributed by atoms with E-state index in [4.69, 9.17) is 0 Å². The monoisotopic (exact) mass is 276 g/mol. The predicted molar refractivity (Wildman–Crippen MR) is 71.5 cm³/mol. The van der Waals surface area contributed by atoms with Crippen molar-refractivity contribution in [2.75, 3.05) is 0 Å². The Balaban J connectivity index is 2.62. The van der Waals surface area contributed by atoms with E-state index in [9.17, 15) is 18.8 Å². The molecule has 2 rings (SSSR count). The van der Waals surface area contributed by atoms with Gasteiger partial charge in [0, 0.05) is 25.9 Å². The highest BCUT2D eigenvalue weighted by atomic mass is 19.1. The number of hydrogen-bond acceptors (Lipinski definition) is 3. The van der Waals surface area contributed by atoms with Gasteiger partial charge >= 0.3 is 5.69 Å². The minimum atomic E-state index is -0.695. The maximum Gasteiger partial charge on any atom is 0.330 e. The molecule has 0 saturated heterocycles. The summed E-state index contributed by atoms with van der Waals surface area (Å²) in [5.41, 5.74) is -0.905. The van der Waals surface area contributed by atoms with Gasteiger partial charge in [-0.2, -0.15) is 0 Å². The lowest BCUT2D eigenvalue weighted by molar-refractivity contribution is 0.103. The van der Waals surface area contributed by atoms with Crippen LogP contribution in [0, 0.1) is 12.7 Å². The van der Waals surface area contributed by atoms with Gasteiger partial charge in [0.25, 0.3) is 5.56 Å². The van der Waals surface area contributed by atoms with Gasteiger partial charge in [-0.3, -0.25) is 14.2 Å². The fourth-order valence-electron chi connectivity index (χ4n) is 1.85. The average molecular weight is 276 g/mol. The van der Waals surface area contributed by atoms with Gasteiger partial charge in [0.05, 0.1) is 0 Å². The number of rotatable bonds is 2. The maximum absolute atomic E-state index is 13.5. The molecule has 0 spiro atoms. The largest absolute Gasteiger partial charge is 0.330 e. The molecular formula is C14H13FN2O3. The molecule has 1 heterocycles. The van der Waals surface area contributed by atoms with Crippen molar-refractivity contribution in [1.29, 1.82) is 0 Å². The van der Waals surface area contributed by atoms with Crippen LogP contribution in [0.3, 0.4) is 0 Å². The second-order valence-electron chi connectivity index (χ2n) is 4.59. The van der Waals surface area contributed by atoms with E-state index in [0.29, 0.717) is 5.56 Å². The van der Waals surface area contributed by atoms with Crippen LogP contribution in [0.15, 0.2) is 34.0 Å². The molecule has 0 aliphatic rings. The summed E-state index contributed by atoms with van der Waals surface area (Å²) in [4.78, 5) is 35.7. The van der Waals surface area contributed by atoms with Gasteiger partial charge in [0.1, 0.15) is 11.4 Å². The van der Waals surface area contributed by atoms with Crippen LogP contribution in [0.4, 0.5) is 4.39 Å². The number of benzene rings is 1. The first-order valence-corrected chi connectivity index (χ1v) is 5.90. The number of nitrogens with zero attached hydrogens (tertiary/aromatic N) is 2. The highest BCUT2D eigenvalue weighted by Crippen LogP contribution is 2.11. The summed E-state index contributed by atoms with van der Waals surface area (Å²) in [5, 5.41) is 0. The molecule has 0 fully saturated rings. The van der Waals surface area contributed by atoms with Crippen LogP contribution in [0.5, 0.6) is 0 Å². The van der Waals surface area contributed by atoms with Gasteiger partial charge in [-0.1, -0.05) is 12.1 Å². The van der Waals surface area contributed by atoms with E-state index in [0.717, 1.165) is 15.2 Å². The molecule has 0 aliphatic carbocycles. The molecule has 0 radical (unpaired) electrons. The van der Waals surface area contributed by atoms with Gasteiger partial charge in [0.15, 0.2) is 5.78 Å². The molecule has 1 aromatic heterocycles. The molecule has 0 bridgehead atoms. The molecule has 0 N–H and O–H groups in total. The van der Waals surface area contributed by atoms with Crippen LogP contribution in [0.1, 0.15) is 21.5 Å². The summed E-state index contributed by atoms with van der Waals surface area (Å²) >= 11 is 0. The number of aromatic nitrogens is 2. The number of carbonyl (C=O) groups is 1. The number of carbonyl (C=O) groups excluding carboxylic acids is 1. The number of halogens is 1. The summed E-state index contributed by atoms with van der Waals surface area (Å²) in [6.07, 6.45) is 1.17. The first-order chi connectivity index (χ1) is 9.32. The summed E-state index contributed by atoms with van der Waals surface area (Å²) in [6, 6.07) is 4.00. The van der Waals surface area contributed by atoms with Crippen molar-refractivity contribution in [2.24, 2.45) is 14.1 Å². The summed E-state index contributed by atoms with van der Waals surface area (Å²) in [5.74, 6) is -1.13. The molecule has 20 heavy (non-hydrogen) atoms. The van der Waals surface area contributed by atoms with Crippen molar-refractivity contribution in [3.8, 4) is 0 Å². The predicted octanol–water partition coefficient (Wildman–Crippen LogP) is 0.763. The van der Waals surface area contributed by atoms with Crippen LogP contribution >= 0.6 is 0 Å². The Bertz CT molecular complexity index is 818. The second-order valence-corrected chi connectivity index (χ2v) is 4.59. The molecule has 2 aromatic rings. The van der Waals surface area contributed by atoms with E-state index < -0.39 is 22.8 Å². The van der Waals surface area contributed by atoms with Crippen LogP contribution < -0.4 is 11.2 Å². The Labute approximate surface area is 113 Å². The number of aryl methyl sites for hydroxylation is 2. The van der Waals surface area contributed by atoms with Gasteiger partial charge in [-0.05, 0) is 18.6 Å². The fraction of sp³-hybridized carbons (Fsp3) is 0.214. The van der Waals surface area contributed by atoms with Crippen LogP contribution in [-0.4, -0.2) is 14.9 Å². The SMILES string of the molecule is Cc1ccc(C(=O)c2cn(C)c(=O)n(C)c2=O)cc1F. The normalized spacial score (nSPS) is 10.6. The van der Waals surface area contributed by atoms with Gasteiger partial charge in [-0.25, -0.2) is 9.18 Å². The van der Waals surface area contributed by atoms with E-state index in [1.807, 2.05) is 0 Å². The lowest BCUT2D eigenvalue weighted by atomic mass is 10.0. The zero-order chi connectivity index (χ0) is 15.0. The van der Waals surface area contributed by atoms with Crippen LogP contribution in [0.25, 0.3) is 0 Å². The van der Waals surface area contributed by atoms with Gasteiger partial charge in [-0.15, -0.1) is 0 Å². The molecule has 1 aromatic carbocycles. The zero-order valence-corrected chi connectivity index (χ0v) is 11.3. The maximum atomic E-state index is 13.5. The van der Waals surface area contributed by atoms with Crippen molar-refractivity contribution < 1.29 is 9.18 Å². The highest BCUT2D eigenvalue weighted by Gasteiger charge is 2.17. The average Bonchev–Trinajstić information content (AvgIpc) is 2.43. The molecule has 104 valence electrons. The van der Waals surface area contributed by atoms with Gasteiger partial charge < -0.3 is 4.57 Å². The molecule has 0 unspecified atom stereocenters. The fourth-order valence-corrected chi connectivity index (χ4v) is 1.85. The number of hydrogen-bond donors (Lipinski definition) is 0. The summed E-state index contributed by atoms with van der Waals surface area (Å²) in [7, 11) is 2.73. The van der Waals surface area contributed by atoms with E-state index in [1.54, 1.807) is 6.92 Å². The molecule has 6 heteroatoms. The summed E-state index contributed by atoms with van der Waals surface area (Å²) in [6.45, 7) is 1.58. The van der Waals surface area contributed by atoms with E-state index in [-0.39, 0.29) is 11.1 Å². The van der Waals surface area contributed by atoms with E-state index in [1.165, 1.54) is 32.4 Å². The third kappa shape index (κ3) is 2.20. The lowest BCUT2D eigenvalue weighted by Gasteiger charge is -2.06. The molecule has 0 aliphatic heterocycles. The van der Waals surface area contributed by atoms with Gasteiger partial charge in [0.2, 0.25) is 0 Å². The molecule has 0 amide bonds. The van der Waals surface area contributed by atoms with Crippen LogP contribution in [0.2, 0.25) is 0 Å². The Morgan fingerprint density at radius 1 is 1.20 bits per heavy atom. The quantitative estimate of drug-likeness (QED) is 0.761. The van der Waals surface area contributed by atoms with Crippen LogP contribution in [-0.2, 0) is 14.1 Å². The summed E-state index contributed by atoms with van der Waals surface area (Å²) < 4.78 is 15.5. The number of ketones is 1. The standard InChI is InChI=1S/C14H13FN2O3/c1-8-4-5-9(6-11(8)15)12(18)10-7-16(2)14(20)17(3)13(10)19/h4-7H,1-3H3. The van der Waals surface area contributed by atoms with Crippen molar-refractivity contribution in [3.63, 3.8) is 0 Å². The van der Waals surface area contributed by atoms with Crippen molar-refractivity contribution in [1.82, 2.24) is 9.13 Å². The molecule has 0 saturated carbocycles. The zero-order valence-electron chi connectivity index (χ0n) is 11.3. The minimum Gasteiger partial charge on any atom is -0.303 e. The van der Waals surface area contributed by atoms with E-state index in [2.05, 4.69) is 0 Å². The van der Waals surface area contributed by atoms with Crippen molar-refractivity contribution in [3.05, 3.63) is 67.7 Å². The first kappa shape index (κ1) is 13.9. The molecule has 5 nitrogen and oxygen atoms in total.